The maximum absolute atomic E-state index is 13.0. The highest BCUT2D eigenvalue weighted by atomic mass is 16.6. The number of carbonyl (C=O) groups excluding carboxylic acids is 1. The standard InChI is InChI=1S/C21H23N3O7/c1-12-17(20(25)26)19(14-6-4-7-15(10-14)24(28)29)18(13(2)23-12)21(27)31-11-16(30-3)8-5-9-22/h4,6-7,10,16,19,23H,5,8,11H2,1-3H3,(H,25,26). The number of dihydropyridines is 1. The van der Waals surface area contributed by atoms with Gasteiger partial charge in [-0.2, -0.15) is 5.26 Å². The van der Waals surface area contributed by atoms with Crippen molar-refractivity contribution in [3.05, 3.63) is 62.5 Å². The topological polar surface area (TPSA) is 152 Å². The minimum Gasteiger partial charge on any atom is -0.478 e. The number of nitro benzene ring substituents is 1. The van der Waals surface area contributed by atoms with E-state index in [0.717, 1.165) is 0 Å². The fraction of sp³-hybridized carbons (Fsp3) is 0.381. The molecule has 1 aromatic rings. The number of hydrogen-bond donors (Lipinski definition) is 2. The Morgan fingerprint density at radius 2 is 2.00 bits per heavy atom. The first-order valence-corrected chi connectivity index (χ1v) is 9.44. The van der Waals surface area contributed by atoms with Gasteiger partial charge in [-0.3, -0.25) is 10.1 Å². The molecule has 2 rings (SSSR count). The number of benzene rings is 1. The van der Waals surface area contributed by atoms with Gasteiger partial charge in [0.2, 0.25) is 0 Å². The van der Waals surface area contributed by atoms with Crippen LogP contribution in [0.3, 0.4) is 0 Å². The van der Waals surface area contributed by atoms with Crippen molar-refractivity contribution in [3.8, 4) is 6.07 Å². The summed E-state index contributed by atoms with van der Waals surface area (Å²) in [6.45, 7) is 3.04. The second-order valence-corrected chi connectivity index (χ2v) is 6.95. The van der Waals surface area contributed by atoms with Crippen LogP contribution < -0.4 is 5.32 Å². The van der Waals surface area contributed by atoms with E-state index in [0.29, 0.717) is 17.8 Å². The Kier molecular flexibility index (Phi) is 7.88. The molecule has 31 heavy (non-hydrogen) atoms. The molecule has 0 bridgehead atoms. The van der Waals surface area contributed by atoms with Gasteiger partial charge in [-0.25, -0.2) is 9.59 Å². The second kappa shape index (κ2) is 10.4. The Morgan fingerprint density at radius 3 is 2.58 bits per heavy atom. The first-order chi connectivity index (χ1) is 14.7. The fourth-order valence-corrected chi connectivity index (χ4v) is 3.44. The Bertz CT molecular complexity index is 991. The monoisotopic (exact) mass is 429 g/mol. The molecule has 1 aromatic carbocycles. The third-order valence-corrected chi connectivity index (χ3v) is 4.94. The van der Waals surface area contributed by atoms with E-state index in [4.69, 9.17) is 14.7 Å². The average Bonchev–Trinajstić information content (AvgIpc) is 2.72. The molecule has 164 valence electrons. The van der Waals surface area contributed by atoms with Gasteiger partial charge in [-0.15, -0.1) is 0 Å². The van der Waals surface area contributed by atoms with Crippen LogP contribution in [0.1, 0.15) is 38.2 Å². The summed E-state index contributed by atoms with van der Waals surface area (Å²) in [7, 11) is 1.43. The summed E-state index contributed by atoms with van der Waals surface area (Å²) in [6.07, 6.45) is 0.0962. The first kappa shape index (κ1) is 23.6. The zero-order valence-corrected chi connectivity index (χ0v) is 17.4. The molecule has 1 heterocycles. The second-order valence-electron chi connectivity index (χ2n) is 6.95. The molecule has 2 atom stereocenters. The zero-order chi connectivity index (χ0) is 23.1. The van der Waals surface area contributed by atoms with E-state index >= 15 is 0 Å². The van der Waals surface area contributed by atoms with Crippen molar-refractivity contribution in [2.45, 2.75) is 38.7 Å². The molecule has 1 aliphatic heterocycles. The molecule has 10 nitrogen and oxygen atoms in total. The number of carboxylic acids is 1. The lowest BCUT2D eigenvalue weighted by Crippen LogP contribution is -2.32. The van der Waals surface area contributed by atoms with Crippen molar-refractivity contribution in [3.63, 3.8) is 0 Å². The minimum absolute atomic E-state index is 0.0404. The van der Waals surface area contributed by atoms with Crippen LogP contribution in [-0.2, 0) is 19.1 Å². The lowest BCUT2D eigenvalue weighted by Gasteiger charge is -2.29. The van der Waals surface area contributed by atoms with Gasteiger partial charge in [-0.1, -0.05) is 12.1 Å². The third kappa shape index (κ3) is 5.46. The Balaban J connectivity index is 2.45. The molecule has 0 spiro atoms. The van der Waals surface area contributed by atoms with Crippen molar-refractivity contribution in [1.82, 2.24) is 5.32 Å². The molecule has 10 heteroatoms. The third-order valence-electron chi connectivity index (χ3n) is 4.94. The van der Waals surface area contributed by atoms with Crippen LogP contribution in [0.2, 0.25) is 0 Å². The summed E-state index contributed by atoms with van der Waals surface area (Å²) in [6, 6.07) is 7.49. The number of allylic oxidation sites excluding steroid dienone is 2. The summed E-state index contributed by atoms with van der Waals surface area (Å²) in [5.74, 6) is -3.10. The number of methoxy groups -OCH3 is 1. The predicted octanol–water partition coefficient (Wildman–Crippen LogP) is 2.78. The van der Waals surface area contributed by atoms with Gasteiger partial charge in [0.25, 0.3) is 5.69 Å². The zero-order valence-electron chi connectivity index (χ0n) is 17.4. The van der Waals surface area contributed by atoms with Gasteiger partial charge < -0.3 is 19.9 Å². The van der Waals surface area contributed by atoms with Crippen molar-refractivity contribution >= 4 is 17.6 Å². The number of carbonyl (C=O) groups is 2. The molecule has 1 aliphatic rings. The molecule has 0 radical (unpaired) electrons. The average molecular weight is 429 g/mol. The van der Waals surface area contributed by atoms with Crippen molar-refractivity contribution in [2.24, 2.45) is 0 Å². The molecule has 0 aliphatic carbocycles. The molecule has 2 unspecified atom stereocenters. The molecule has 0 saturated heterocycles. The van der Waals surface area contributed by atoms with Crippen LogP contribution in [-0.4, -0.2) is 41.8 Å². The summed E-state index contributed by atoms with van der Waals surface area (Å²) < 4.78 is 10.6. The van der Waals surface area contributed by atoms with Crippen LogP contribution in [0.15, 0.2) is 46.8 Å². The van der Waals surface area contributed by atoms with Gasteiger partial charge in [0.1, 0.15) is 6.61 Å². The largest absolute Gasteiger partial charge is 0.478 e. The molecule has 0 fully saturated rings. The normalized spacial score (nSPS) is 16.9. The highest BCUT2D eigenvalue weighted by Crippen LogP contribution is 2.39. The van der Waals surface area contributed by atoms with Crippen LogP contribution in [0.5, 0.6) is 0 Å². The van der Waals surface area contributed by atoms with Gasteiger partial charge in [0.15, 0.2) is 0 Å². The minimum atomic E-state index is -1.26. The number of esters is 1. The van der Waals surface area contributed by atoms with E-state index in [-0.39, 0.29) is 35.4 Å². The number of nitriles is 1. The lowest BCUT2D eigenvalue weighted by atomic mass is 9.80. The van der Waals surface area contributed by atoms with E-state index in [1.165, 1.54) is 31.4 Å². The van der Waals surface area contributed by atoms with Crippen LogP contribution >= 0.6 is 0 Å². The Morgan fingerprint density at radius 1 is 1.32 bits per heavy atom. The number of nitrogens with zero attached hydrogens (tertiary/aromatic N) is 2. The number of ether oxygens (including phenoxy) is 2. The molecule has 0 aromatic heterocycles. The maximum Gasteiger partial charge on any atom is 0.336 e. The van der Waals surface area contributed by atoms with Gasteiger partial charge in [-0.05, 0) is 25.8 Å². The quantitative estimate of drug-likeness (QED) is 0.343. The predicted molar refractivity (Wildman–Crippen MR) is 109 cm³/mol. The first-order valence-electron chi connectivity index (χ1n) is 9.44. The summed E-state index contributed by atoms with van der Waals surface area (Å²) in [5.41, 5.74) is 0.701. The number of carboxylic acid groups (broad SMARTS) is 1. The number of hydrogen-bond acceptors (Lipinski definition) is 8. The SMILES string of the molecule is COC(CCC#N)COC(=O)C1=C(C)NC(C)=C(C(=O)O)C1c1cccc([N+](=O)[O-])c1. The maximum atomic E-state index is 13.0. The molecular weight excluding hydrogens is 406 g/mol. The van der Waals surface area contributed by atoms with E-state index in [2.05, 4.69) is 5.32 Å². The van der Waals surface area contributed by atoms with Crippen LogP contribution in [0.4, 0.5) is 5.69 Å². The van der Waals surface area contributed by atoms with Crippen LogP contribution in [0, 0.1) is 21.4 Å². The summed E-state index contributed by atoms with van der Waals surface area (Å²) in [4.78, 5) is 35.6. The summed E-state index contributed by atoms with van der Waals surface area (Å²) >= 11 is 0. The molecule has 0 saturated carbocycles. The van der Waals surface area contributed by atoms with E-state index in [1.54, 1.807) is 13.8 Å². The van der Waals surface area contributed by atoms with E-state index < -0.39 is 28.9 Å². The van der Waals surface area contributed by atoms with Crippen molar-refractivity contribution in [1.29, 1.82) is 5.26 Å². The number of rotatable bonds is 9. The van der Waals surface area contributed by atoms with Gasteiger partial charge in [0.05, 0.1) is 34.2 Å². The van der Waals surface area contributed by atoms with Crippen molar-refractivity contribution < 1.29 is 29.1 Å². The fourth-order valence-electron chi connectivity index (χ4n) is 3.44. The highest BCUT2D eigenvalue weighted by Gasteiger charge is 2.38. The Hall–Kier alpha value is -3.71. The number of nitrogens with one attached hydrogen (secondary N) is 1. The highest BCUT2D eigenvalue weighted by molar-refractivity contribution is 5.99. The Labute approximate surface area is 178 Å². The van der Waals surface area contributed by atoms with E-state index in [1.807, 2.05) is 6.07 Å². The number of non-ortho nitro benzene ring substituents is 1. The number of aliphatic carboxylic acids is 1. The van der Waals surface area contributed by atoms with Crippen LogP contribution in [0.25, 0.3) is 0 Å². The van der Waals surface area contributed by atoms with E-state index in [9.17, 15) is 24.8 Å². The number of nitro groups is 1. The van der Waals surface area contributed by atoms with Gasteiger partial charge in [0, 0.05) is 37.1 Å². The van der Waals surface area contributed by atoms with Crippen molar-refractivity contribution in [2.75, 3.05) is 13.7 Å². The smallest absolute Gasteiger partial charge is 0.336 e. The lowest BCUT2D eigenvalue weighted by molar-refractivity contribution is -0.384. The van der Waals surface area contributed by atoms with Gasteiger partial charge >= 0.3 is 11.9 Å². The summed E-state index contributed by atoms with van der Waals surface area (Å²) in [5, 5.41) is 32.6. The molecular formula is C21H23N3O7. The molecule has 2 N–H and O–H groups in total. The molecule has 0 amide bonds.